The summed E-state index contributed by atoms with van der Waals surface area (Å²) < 4.78 is 4.72. The van der Waals surface area contributed by atoms with Gasteiger partial charge in [-0.3, -0.25) is 14.9 Å². The molecule has 35 heavy (non-hydrogen) atoms. The molecule has 0 saturated heterocycles. The van der Waals surface area contributed by atoms with Crippen molar-refractivity contribution >= 4 is 46.2 Å². The fourth-order valence-corrected chi connectivity index (χ4v) is 3.64. The van der Waals surface area contributed by atoms with E-state index in [1.165, 1.54) is 25.3 Å². The Kier molecular flexibility index (Phi) is 6.27. The molecule has 3 aromatic carbocycles. The fourth-order valence-electron chi connectivity index (χ4n) is 3.64. The Morgan fingerprint density at radius 2 is 1.66 bits per heavy atom. The molecule has 176 valence electrons. The van der Waals surface area contributed by atoms with Gasteiger partial charge in [-0.1, -0.05) is 30.3 Å². The van der Waals surface area contributed by atoms with Gasteiger partial charge in [0.1, 0.15) is 0 Å². The molecule has 0 spiro atoms. The lowest BCUT2D eigenvalue weighted by atomic mass is 9.99. The van der Waals surface area contributed by atoms with Gasteiger partial charge in [-0.25, -0.2) is 9.59 Å². The van der Waals surface area contributed by atoms with E-state index in [2.05, 4.69) is 5.32 Å². The van der Waals surface area contributed by atoms with Crippen molar-refractivity contribution in [1.29, 1.82) is 0 Å². The number of hydrogen-bond donors (Lipinski definition) is 1. The lowest BCUT2D eigenvalue weighted by Gasteiger charge is -2.16. The van der Waals surface area contributed by atoms with Crippen LogP contribution in [0.1, 0.15) is 28.4 Å². The second-order valence-corrected chi connectivity index (χ2v) is 7.45. The maximum Gasteiger partial charge on any atom is 0.337 e. The molecule has 10 nitrogen and oxygen atoms in total. The fraction of sp³-hybridized carbons (Fsp3) is 0.0800. The van der Waals surface area contributed by atoms with Crippen LogP contribution in [0, 0.1) is 10.1 Å². The third kappa shape index (κ3) is 4.58. The number of nitrogens with one attached hydrogen (secondary N) is 1. The first-order valence-corrected chi connectivity index (χ1v) is 10.4. The summed E-state index contributed by atoms with van der Waals surface area (Å²) in [5, 5.41) is 15.3. The Bertz CT molecular complexity index is 1370. The number of benzene rings is 3. The maximum atomic E-state index is 13.5. The highest BCUT2D eigenvalue weighted by atomic mass is 16.7. The number of nitro benzene ring substituents is 1. The van der Waals surface area contributed by atoms with Crippen molar-refractivity contribution in [3.05, 3.63) is 99.6 Å². The van der Waals surface area contributed by atoms with Crippen LogP contribution in [0.5, 0.6) is 0 Å². The molecule has 0 unspecified atom stereocenters. The van der Waals surface area contributed by atoms with E-state index in [0.717, 1.165) is 12.0 Å². The number of methoxy groups -OCH3 is 1. The van der Waals surface area contributed by atoms with Gasteiger partial charge < -0.3 is 14.9 Å². The molecule has 1 N–H and O–H groups in total. The van der Waals surface area contributed by atoms with Gasteiger partial charge in [0.25, 0.3) is 11.6 Å². The van der Waals surface area contributed by atoms with Gasteiger partial charge in [0, 0.05) is 30.3 Å². The number of hydrogen-bond acceptors (Lipinski definition) is 8. The third-order valence-corrected chi connectivity index (χ3v) is 5.19. The number of amides is 1. The molecule has 1 heterocycles. The van der Waals surface area contributed by atoms with Crippen LogP contribution in [0.25, 0.3) is 11.3 Å². The van der Waals surface area contributed by atoms with Crippen LogP contribution < -0.4 is 10.4 Å². The summed E-state index contributed by atoms with van der Waals surface area (Å²) in [6.45, 7) is 1.13. The lowest BCUT2D eigenvalue weighted by molar-refractivity contribution is -0.384. The molecule has 10 heteroatoms. The lowest BCUT2D eigenvalue weighted by Crippen LogP contribution is -2.29. The van der Waals surface area contributed by atoms with Crippen LogP contribution in [-0.2, 0) is 19.2 Å². The average molecular weight is 473 g/mol. The zero-order valence-corrected chi connectivity index (χ0v) is 18.7. The second kappa shape index (κ2) is 9.48. The smallest absolute Gasteiger partial charge is 0.337 e. The monoisotopic (exact) mass is 473 g/mol. The number of hydroxylamine groups is 1. The van der Waals surface area contributed by atoms with Crippen LogP contribution in [0.3, 0.4) is 0 Å². The van der Waals surface area contributed by atoms with Crippen LogP contribution in [0.4, 0.5) is 17.1 Å². The number of ether oxygens (including phenoxy) is 1. The molecular formula is C25H19N3O7. The van der Waals surface area contributed by atoms with E-state index in [-0.39, 0.29) is 16.9 Å². The van der Waals surface area contributed by atoms with Gasteiger partial charge in [-0.2, -0.15) is 0 Å². The predicted octanol–water partition coefficient (Wildman–Crippen LogP) is 4.19. The van der Waals surface area contributed by atoms with Gasteiger partial charge in [0.15, 0.2) is 0 Å². The normalized spacial score (nSPS) is 13.7. The number of fused-ring (bicyclic) bond motifs is 1. The number of rotatable bonds is 6. The Labute approximate surface area is 199 Å². The summed E-state index contributed by atoms with van der Waals surface area (Å²) in [4.78, 5) is 52.8. The molecule has 0 atom stereocenters. The van der Waals surface area contributed by atoms with Crippen molar-refractivity contribution in [2.45, 2.75) is 6.92 Å². The number of anilines is 2. The molecule has 1 amide bonds. The molecule has 1 aliphatic heterocycles. The molecular weight excluding hydrogens is 454 g/mol. The minimum atomic E-state index is -0.760. The number of nitro groups is 1. The average Bonchev–Trinajstić information content (AvgIpc) is 3.12. The Hall–Kier alpha value is -4.99. The predicted molar refractivity (Wildman–Crippen MR) is 127 cm³/mol. The summed E-state index contributed by atoms with van der Waals surface area (Å²) in [6, 6.07) is 19.3. The van der Waals surface area contributed by atoms with Crippen molar-refractivity contribution in [3.63, 3.8) is 0 Å². The van der Waals surface area contributed by atoms with Gasteiger partial charge in [0.05, 0.1) is 34.6 Å². The largest absolute Gasteiger partial charge is 0.465 e. The van der Waals surface area contributed by atoms with Gasteiger partial charge in [0.2, 0.25) is 0 Å². The van der Waals surface area contributed by atoms with E-state index in [4.69, 9.17) is 9.57 Å². The van der Waals surface area contributed by atoms with E-state index in [0.29, 0.717) is 28.1 Å². The molecule has 3 aromatic rings. The molecule has 0 saturated carbocycles. The Morgan fingerprint density at radius 3 is 2.26 bits per heavy atom. The minimum Gasteiger partial charge on any atom is -0.465 e. The van der Waals surface area contributed by atoms with Crippen molar-refractivity contribution in [1.82, 2.24) is 0 Å². The first-order valence-electron chi connectivity index (χ1n) is 10.4. The summed E-state index contributed by atoms with van der Waals surface area (Å²) in [6.07, 6.45) is 0. The first kappa shape index (κ1) is 23.2. The van der Waals surface area contributed by atoms with Crippen LogP contribution in [-0.4, -0.2) is 29.9 Å². The van der Waals surface area contributed by atoms with Gasteiger partial charge in [-0.15, -0.1) is 5.06 Å². The topological polar surface area (TPSA) is 128 Å². The number of non-ortho nitro benzene ring substituents is 1. The molecule has 1 aliphatic rings. The highest BCUT2D eigenvalue weighted by Crippen LogP contribution is 2.43. The molecule has 0 aromatic heterocycles. The third-order valence-electron chi connectivity index (χ3n) is 5.19. The maximum absolute atomic E-state index is 13.5. The van der Waals surface area contributed by atoms with Crippen LogP contribution >= 0.6 is 0 Å². The molecule has 0 radical (unpaired) electrons. The molecule has 0 aliphatic carbocycles. The van der Waals surface area contributed by atoms with Crippen molar-refractivity contribution in [2.75, 3.05) is 17.5 Å². The van der Waals surface area contributed by atoms with E-state index in [1.54, 1.807) is 48.5 Å². The van der Waals surface area contributed by atoms with Crippen LogP contribution in [0.15, 0.2) is 72.8 Å². The van der Waals surface area contributed by atoms with Gasteiger partial charge >= 0.3 is 11.9 Å². The van der Waals surface area contributed by atoms with Gasteiger partial charge in [-0.05, 0) is 35.9 Å². The van der Waals surface area contributed by atoms with E-state index in [9.17, 15) is 24.5 Å². The number of esters is 1. The highest BCUT2D eigenvalue weighted by Gasteiger charge is 2.39. The Morgan fingerprint density at radius 1 is 0.971 bits per heavy atom. The Balaban J connectivity index is 1.89. The minimum absolute atomic E-state index is 0.0747. The molecule has 4 rings (SSSR count). The van der Waals surface area contributed by atoms with E-state index in [1.807, 2.05) is 6.07 Å². The van der Waals surface area contributed by atoms with E-state index >= 15 is 0 Å². The first-order chi connectivity index (χ1) is 16.8. The summed E-state index contributed by atoms with van der Waals surface area (Å²) in [7, 11) is 1.29. The summed E-state index contributed by atoms with van der Waals surface area (Å²) in [5.74, 6) is -1.92. The zero-order chi connectivity index (χ0) is 25.1. The van der Waals surface area contributed by atoms with E-state index < -0.39 is 22.8 Å². The van der Waals surface area contributed by atoms with Crippen molar-refractivity contribution < 1.29 is 28.9 Å². The van der Waals surface area contributed by atoms with Crippen LogP contribution in [0.2, 0.25) is 0 Å². The van der Waals surface area contributed by atoms with Crippen molar-refractivity contribution in [3.8, 4) is 0 Å². The summed E-state index contributed by atoms with van der Waals surface area (Å²) in [5.41, 5.74) is 2.24. The molecule has 0 fully saturated rings. The standard InChI is InChI=1S/C25H19N3O7/c1-15(29)35-27-21-14-19(28(32)33)12-13-20(21)22(24(27)30)23(16-6-4-3-5-7-16)26-18-10-8-17(9-11-18)25(31)34-2/h3-14,26H,1-2H3/b23-22-. The molecule has 0 bridgehead atoms. The SMILES string of the molecule is COC(=O)c1ccc(N/C(=C2\C(=O)N(OC(C)=O)c3cc([N+](=O)[O-])ccc32)c2ccccc2)cc1. The number of carbonyl (C=O) groups excluding carboxylic acids is 3. The summed E-state index contributed by atoms with van der Waals surface area (Å²) >= 11 is 0. The quantitative estimate of drug-likeness (QED) is 0.244. The number of nitrogens with zero attached hydrogens (tertiary/aromatic N) is 2. The second-order valence-electron chi connectivity index (χ2n) is 7.45. The highest BCUT2D eigenvalue weighted by molar-refractivity contribution is 6.38. The zero-order valence-electron chi connectivity index (χ0n) is 18.7. The van der Waals surface area contributed by atoms with Crippen molar-refractivity contribution in [2.24, 2.45) is 0 Å². The number of carbonyl (C=O) groups is 3.